The predicted octanol–water partition coefficient (Wildman–Crippen LogP) is 6.15. The van der Waals surface area contributed by atoms with Crippen molar-refractivity contribution in [2.75, 3.05) is 59.4 Å². The van der Waals surface area contributed by atoms with Crippen LogP contribution in [0.4, 0.5) is 11.4 Å². The molecule has 1 aliphatic carbocycles. The summed E-state index contributed by atoms with van der Waals surface area (Å²) in [5.74, 6) is -1.23. The Morgan fingerprint density at radius 1 is 0.831 bits per heavy atom. The van der Waals surface area contributed by atoms with Gasteiger partial charge in [-0.15, -0.1) is 5.10 Å². The molecule has 0 bridgehead atoms. The van der Waals surface area contributed by atoms with E-state index in [1.54, 1.807) is 27.5 Å². The number of rotatable bonds is 16. The van der Waals surface area contributed by atoms with Crippen molar-refractivity contribution in [3.63, 3.8) is 0 Å². The fraction of sp³-hybridized carbons (Fsp3) is 0.224. The van der Waals surface area contributed by atoms with E-state index in [1.807, 2.05) is 123 Å². The minimum absolute atomic E-state index is 0.0144. The summed E-state index contributed by atoms with van der Waals surface area (Å²) < 4.78 is 25.0. The van der Waals surface area contributed by atoms with Gasteiger partial charge in [0.25, 0.3) is 11.8 Å². The third kappa shape index (κ3) is 9.58. The van der Waals surface area contributed by atoms with Gasteiger partial charge in [0.15, 0.2) is 0 Å². The molecular formula is C49H49N9O7+2. The summed E-state index contributed by atoms with van der Waals surface area (Å²) in [6, 6.07) is 27.3. The lowest BCUT2D eigenvalue weighted by Gasteiger charge is -2.17. The van der Waals surface area contributed by atoms with Crippen molar-refractivity contribution >= 4 is 52.5 Å². The van der Waals surface area contributed by atoms with E-state index in [4.69, 9.17) is 13.9 Å². The molecule has 0 saturated carbocycles. The smallest absolute Gasteiger partial charge is 0.336 e. The first-order valence-corrected chi connectivity index (χ1v) is 21.0. The van der Waals surface area contributed by atoms with Crippen molar-refractivity contribution in [1.29, 1.82) is 0 Å². The van der Waals surface area contributed by atoms with E-state index in [0.717, 1.165) is 38.9 Å². The number of aryl methyl sites for hydroxylation is 2. The highest BCUT2D eigenvalue weighted by Gasteiger charge is 2.24. The van der Waals surface area contributed by atoms with Gasteiger partial charge in [-0.05, 0) is 67.9 Å². The van der Waals surface area contributed by atoms with E-state index in [1.165, 1.54) is 6.07 Å². The predicted molar refractivity (Wildman–Crippen MR) is 247 cm³/mol. The number of nitrogens with one attached hydrogen (secondary N) is 2. The van der Waals surface area contributed by atoms with Gasteiger partial charge in [0.05, 0.1) is 62.4 Å². The zero-order valence-corrected chi connectivity index (χ0v) is 36.8. The van der Waals surface area contributed by atoms with Crippen molar-refractivity contribution in [3.05, 3.63) is 137 Å². The Balaban J connectivity index is 0.800. The number of carbonyl (C=O) groups excluding carboxylic acids is 2. The Bertz CT molecular complexity index is 3160. The minimum atomic E-state index is -1.16. The Hall–Kier alpha value is -7.82. The van der Waals surface area contributed by atoms with E-state index in [-0.39, 0.29) is 30.2 Å². The second-order valence-corrected chi connectivity index (χ2v) is 15.8. The number of carbonyl (C=O) groups is 3. The molecule has 0 spiro atoms. The number of aromatic nitrogens is 5. The van der Waals surface area contributed by atoms with Crippen LogP contribution in [0.1, 0.15) is 42.5 Å². The summed E-state index contributed by atoms with van der Waals surface area (Å²) in [6.45, 7) is 9.82. The molecular weight excluding hydrogens is 827 g/mol. The fourth-order valence-electron chi connectivity index (χ4n) is 7.61. The number of fused-ring (bicyclic) bond motifs is 3. The van der Waals surface area contributed by atoms with E-state index in [9.17, 15) is 19.5 Å². The van der Waals surface area contributed by atoms with Crippen LogP contribution in [0, 0.1) is 13.8 Å². The third-order valence-electron chi connectivity index (χ3n) is 11.0. The molecule has 16 heteroatoms. The standard InChI is InChI=1S/C49H47N9O7/c1-30-25-31(2)58-19-17-40(46(58)51-30)48(60)52-34-10-7-32(8-11-34)42-29-57(54-53-42)20-22-64-24-23-63-21-18-50-47(59)33-9-14-37(41(26-33)49(61)62)45-38-15-12-35(55(3)4)27-43(38)65-44-28-36(56(5)6)13-16-39(44)45/h7-17,19,25-29H,3,18,20-24H2,1-2,4-6H3,(H-2,50,52,59,60,61,62)/p+2. The number of carboxylic acid groups (broad SMARTS) is 1. The first kappa shape index (κ1) is 43.8. The molecule has 0 radical (unpaired) electrons. The molecule has 0 atom stereocenters. The van der Waals surface area contributed by atoms with Crippen LogP contribution >= 0.6 is 0 Å². The molecule has 3 N–H and O–H groups in total. The van der Waals surface area contributed by atoms with Crippen LogP contribution in [0.2, 0.25) is 0 Å². The zero-order valence-electron chi connectivity index (χ0n) is 36.8. The van der Waals surface area contributed by atoms with Crippen LogP contribution in [0.3, 0.4) is 0 Å². The lowest BCUT2D eigenvalue weighted by atomic mass is 9.89. The summed E-state index contributed by atoms with van der Waals surface area (Å²) >= 11 is 0. The summed E-state index contributed by atoms with van der Waals surface area (Å²) in [5.41, 5.74) is 8.62. The first-order valence-electron chi connectivity index (χ1n) is 21.0. The summed E-state index contributed by atoms with van der Waals surface area (Å²) in [7, 11) is 5.71. The lowest BCUT2D eigenvalue weighted by Crippen LogP contribution is -2.28. The molecule has 330 valence electrons. The van der Waals surface area contributed by atoms with E-state index in [2.05, 4.69) is 32.6 Å². The Morgan fingerprint density at radius 3 is 2.35 bits per heavy atom. The van der Waals surface area contributed by atoms with Crippen molar-refractivity contribution in [3.8, 4) is 33.7 Å². The van der Waals surface area contributed by atoms with Gasteiger partial charge in [-0.1, -0.05) is 23.4 Å². The van der Waals surface area contributed by atoms with Crippen molar-refractivity contribution < 1.29 is 38.0 Å². The molecule has 65 heavy (non-hydrogen) atoms. The number of anilines is 1. The summed E-state index contributed by atoms with van der Waals surface area (Å²) in [5, 5.41) is 26.3. The van der Waals surface area contributed by atoms with Gasteiger partial charge in [-0.25, -0.2) is 23.6 Å². The van der Waals surface area contributed by atoms with E-state index in [0.29, 0.717) is 71.4 Å². The number of benzene rings is 4. The molecule has 8 rings (SSSR count). The van der Waals surface area contributed by atoms with Gasteiger partial charge in [0, 0.05) is 69.6 Å². The molecule has 16 nitrogen and oxygen atoms in total. The quantitative estimate of drug-likeness (QED) is 0.0441. The molecule has 4 heterocycles. The molecule has 0 unspecified atom stereocenters. The number of amides is 2. The molecule has 6 aromatic rings. The highest BCUT2D eigenvalue weighted by atomic mass is 16.5. The number of ether oxygens (including phenoxy) is 2. The van der Waals surface area contributed by atoms with Crippen LogP contribution in [-0.2, 0) is 16.0 Å². The zero-order chi connectivity index (χ0) is 45.8. The number of hydrogen-bond acceptors (Lipinski definition) is 9. The van der Waals surface area contributed by atoms with E-state index >= 15 is 0 Å². The fourth-order valence-corrected chi connectivity index (χ4v) is 7.61. The van der Waals surface area contributed by atoms with Crippen molar-refractivity contribution in [2.45, 2.75) is 20.4 Å². The molecule has 3 aromatic heterocycles. The summed E-state index contributed by atoms with van der Waals surface area (Å²) in [6.07, 6.45) is 3.67. The van der Waals surface area contributed by atoms with Gasteiger partial charge < -0.3 is 34.0 Å². The van der Waals surface area contributed by atoms with Crippen LogP contribution in [0.5, 0.6) is 0 Å². The number of nitrogens with zero attached hydrogens (tertiary/aromatic N) is 7. The molecule has 2 amide bonds. The second kappa shape index (κ2) is 18.9. The van der Waals surface area contributed by atoms with Crippen molar-refractivity contribution in [2.24, 2.45) is 0 Å². The van der Waals surface area contributed by atoms with E-state index < -0.39 is 11.9 Å². The average molecular weight is 876 g/mol. The van der Waals surface area contributed by atoms with Crippen LogP contribution < -0.4 is 20.6 Å². The number of hydrogen-bond donors (Lipinski definition) is 3. The van der Waals surface area contributed by atoms with Gasteiger partial charge in [-0.2, -0.15) is 0 Å². The molecule has 3 aromatic carbocycles. The molecule has 0 fully saturated rings. The SMILES string of the molecule is C=[N+](C)c1ccc2c(-c3ccc(C(=O)NCCOCCOCCn4cc(-c5ccc(NC(=O)c6ccn7c(C)cc(C)nc67)cc5)nn4)cc3C(=O)O)c3ccc(=[N+](C)C)cc-3oc2c1. The van der Waals surface area contributed by atoms with Gasteiger partial charge in [0.2, 0.25) is 11.0 Å². The van der Waals surface area contributed by atoms with Gasteiger partial charge >= 0.3 is 5.97 Å². The van der Waals surface area contributed by atoms with Gasteiger partial charge in [-0.3, -0.25) is 9.59 Å². The highest BCUT2D eigenvalue weighted by molar-refractivity contribution is 6.10. The maximum atomic E-state index is 13.2. The minimum Gasteiger partial charge on any atom is -0.478 e. The highest BCUT2D eigenvalue weighted by Crippen LogP contribution is 2.42. The summed E-state index contributed by atoms with van der Waals surface area (Å²) in [4.78, 5) is 43.6. The maximum absolute atomic E-state index is 13.2. The number of aromatic carboxylic acids is 1. The lowest BCUT2D eigenvalue weighted by molar-refractivity contribution is -0.394. The second-order valence-electron chi connectivity index (χ2n) is 15.8. The first-order chi connectivity index (χ1) is 31.3. The normalized spacial score (nSPS) is 11.3. The topological polar surface area (TPSA) is 181 Å². The van der Waals surface area contributed by atoms with Crippen LogP contribution in [0.15, 0.2) is 108 Å². The van der Waals surface area contributed by atoms with Crippen LogP contribution in [-0.4, -0.2) is 113 Å². The van der Waals surface area contributed by atoms with Crippen molar-refractivity contribution in [1.82, 2.24) is 34.3 Å². The third-order valence-corrected chi connectivity index (χ3v) is 11.0. The average Bonchev–Trinajstić information content (AvgIpc) is 3.95. The Kier molecular flexibility index (Phi) is 12.7. The Labute approximate surface area is 374 Å². The maximum Gasteiger partial charge on any atom is 0.336 e. The van der Waals surface area contributed by atoms with Crippen LogP contribution in [0.25, 0.3) is 50.3 Å². The molecule has 2 aliphatic rings. The monoisotopic (exact) mass is 875 g/mol. The Morgan fingerprint density at radius 2 is 1.60 bits per heavy atom. The van der Waals surface area contributed by atoms with Gasteiger partial charge in [0.1, 0.15) is 50.5 Å². The molecule has 0 saturated heterocycles. The molecule has 1 aliphatic heterocycles. The largest absolute Gasteiger partial charge is 0.478 e. The number of carboxylic acids is 1.